The molecule has 1 aromatic carbocycles. The molecule has 0 spiro atoms. The van der Waals surface area contributed by atoms with Crippen LogP contribution < -0.4 is 15.5 Å². The fourth-order valence-corrected chi connectivity index (χ4v) is 3.02. The maximum atomic E-state index is 12.5. The number of hydrogen-bond acceptors (Lipinski definition) is 3. The highest BCUT2D eigenvalue weighted by Crippen LogP contribution is 2.27. The van der Waals surface area contributed by atoms with Crippen LogP contribution in [0.3, 0.4) is 0 Å². The number of carbonyl (C=O) groups excluding carboxylic acids is 1. The summed E-state index contributed by atoms with van der Waals surface area (Å²) >= 11 is 0. The summed E-state index contributed by atoms with van der Waals surface area (Å²) in [6.07, 6.45) is 3.19. The predicted octanol–water partition coefficient (Wildman–Crippen LogP) is 2.96. The third-order valence-electron chi connectivity index (χ3n) is 4.31. The lowest BCUT2D eigenvalue weighted by molar-refractivity contribution is -0.118. The van der Waals surface area contributed by atoms with E-state index in [0.29, 0.717) is 13.0 Å². The molecule has 6 nitrogen and oxygen atoms in total. The highest BCUT2D eigenvalue weighted by molar-refractivity contribution is 14.0. The molecule has 2 rings (SSSR count). The van der Waals surface area contributed by atoms with Gasteiger partial charge in [-0.25, -0.2) is 0 Å². The molecular weight excluding hydrogens is 455 g/mol. The minimum atomic E-state index is 0. The molecule has 1 amide bonds. The monoisotopic (exact) mass is 488 g/mol. The smallest absolute Gasteiger partial charge is 0.227 e. The van der Waals surface area contributed by atoms with Crippen LogP contribution in [-0.4, -0.2) is 51.3 Å². The Morgan fingerprint density at radius 2 is 2.04 bits per heavy atom. The van der Waals surface area contributed by atoms with E-state index in [-0.39, 0.29) is 29.9 Å². The molecule has 27 heavy (non-hydrogen) atoms. The fourth-order valence-electron chi connectivity index (χ4n) is 3.02. The molecule has 1 aliphatic rings. The van der Waals surface area contributed by atoms with Gasteiger partial charge in [0.05, 0.1) is 0 Å². The standard InChI is InChI=1S/C20H32N4O2.HI/c1-3-21-20(23-14-8-16-26-4-2)22-13-7-11-19(25)24-15-12-17-9-5-6-10-18(17)24;/h5-6,9-10H,3-4,7-8,11-16H2,1-2H3,(H2,21,22,23);1H. The molecule has 2 N–H and O–H groups in total. The van der Waals surface area contributed by atoms with Crippen LogP contribution in [0.4, 0.5) is 5.69 Å². The number of nitrogens with one attached hydrogen (secondary N) is 2. The summed E-state index contributed by atoms with van der Waals surface area (Å²) in [5.41, 5.74) is 2.34. The van der Waals surface area contributed by atoms with Crippen molar-refractivity contribution in [3.8, 4) is 0 Å². The number of benzene rings is 1. The Morgan fingerprint density at radius 1 is 1.22 bits per heavy atom. The number of anilines is 1. The fraction of sp³-hybridized carbons (Fsp3) is 0.600. The summed E-state index contributed by atoms with van der Waals surface area (Å²) < 4.78 is 5.33. The van der Waals surface area contributed by atoms with Crippen molar-refractivity contribution < 1.29 is 9.53 Å². The van der Waals surface area contributed by atoms with Crippen molar-refractivity contribution >= 4 is 41.5 Å². The third kappa shape index (κ3) is 8.04. The first-order chi connectivity index (χ1) is 12.8. The molecule has 0 atom stereocenters. The molecule has 1 aliphatic heterocycles. The summed E-state index contributed by atoms with van der Waals surface area (Å²) in [5, 5.41) is 6.53. The van der Waals surface area contributed by atoms with Crippen molar-refractivity contribution in [3.63, 3.8) is 0 Å². The number of nitrogens with zero attached hydrogens (tertiary/aromatic N) is 2. The van der Waals surface area contributed by atoms with E-state index in [1.54, 1.807) is 0 Å². The van der Waals surface area contributed by atoms with Crippen LogP contribution in [0.2, 0.25) is 0 Å². The van der Waals surface area contributed by atoms with E-state index in [4.69, 9.17) is 4.74 Å². The number of guanidine groups is 1. The molecule has 0 aliphatic carbocycles. The summed E-state index contributed by atoms with van der Waals surface area (Å²) in [4.78, 5) is 19.0. The molecule has 0 unspecified atom stereocenters. The molecule has 0 saturated carbocycles. The maximum absolute atomic E-state index is 12.5. The van der Waals surface area contributed by atoms with Gasteiger partial charge in [0.2, 0.25) is 5.91 Å². The second-order valence-electron chi connectivity index (χ2n) is 6.27. The van der Waals surface area contributed by atoms with E-state index < -0.39 is 0 Å². The molecule has 152 valence electrons. The number of aliphatic imine (C=N–C) groups is 1. The van der Waals surface area contributed by atoms with Crippen LogP contribution in [0.15, 0.2) is 29.3 Å². The average Bonchev–Trinajstić information content (AvgIpc) is 3.09. The van der Waals surface area contributed by atoms with Crippen LogP contribution >= 0.6 is 24.0 Å². The van der Waals surface area contributed by atoms with E-state index in [1.165, 1.54) is 5.56 Å². The SMILES string of the molecule is CCNC(=NCCCC(=O)N1CCc2ccccc21)NCCCOCC.I. The average molecular weight is 488 g/mol. The second-order valence-corrected chi connectivity index (χ2v) is 6.27. The molecule has 1 aromatic rings. The van der Waals surface area contributed by atoms with E-state index in [0.717, 1.165) is 63.8 Å². The second kappa shape index (κ2) is 13.8. The van der Waals surface area contributed by atoms with Crippen molar-refractivity contribution in [2.24, 2.45) is 4.99 Å². The van der Waals surface area contributed by atoms with Gasteiger partial charge in [0.25, 0.3) is 0 Å². The maximum Gasteiger partial charge on any atom is 0.227 e. The zero-order valence-corrected chi connectivity index (χ0v) is 18.8. The molecular formula is C20H33IN4O2. The number of hydrogen-bond donors (Lipinski definition) is 2. The highest BCUT2D eigenvalue weighted by atomic mass is 127. The van der Waals surface area contributed by atoms with Crippen molar-refractivity contribution in [1.82, 2.24) is 10.6 Å². The Balaban J connectivity index is 0.00000364. The van der Waals surface area contributed by atoms with Gasteiger partial charge in [-0.15, -0.1) is 24.0 Å². The number of carbonyl (C=O) groups is 1. The Hall–Kier alpha value is -1.35. The summed E-state index contributed by atoms with van der Waals surface area (Å²) in [5.74, 6) is 1.00. The molecule has 0 fully saturated rings. The number of fused-ring (bicyclic) bond motifs is 1. The van der Waals surface area contributed by atoms with Crippen molar-refractivity contribution in [1.29, 1.82) is 0 Å². The van der Waals surface area contributed by atoms with Gasteiger partial charge in [0.15, 0.2) is 5.96 Å². The number of amides is 1. The topological polar surface area (TPSA) is 66.0 Å². The minimum Gasteiger partial charge on any atom is -0.382 e. The van der Waals surface area contributed by atoms with Gasteiger partial charge < -0.3 is 20.3 Å². The van der Waals surface area contributed by atoms with Crippen LogP contribution in [-0.2, 0) is 16.0 Å². The molecule has 0 saturated heterocycles. The van der Waals surface area contributed by atoms with Gasteiger partial charge in [-0.1, -0.05) is 18.2 Å². The molecule has 0 radical (unpaired) electrons. The van der Waals surface area contributed by atoms with E-state index in [1.807, 2.05) is 36.9 Å². The Kier molecular flexibility index (Phi) is 12.1. The molecule has 7 heteroatoms. The lowest BCUT2D eigenvalue weighted by atomic mass is 10.2. The van der Waals surface area contributed by atoms with Crippen LogP contribution in [0, 0.1) is 0 Å². The quantitative estimate of drug-likeness (QED) is 0.230. The molecule has 0 aromatic heterocycles. The summed E-state index contributed by atoms with van der Waals surface area (Å²) in [6, 6.07) is 8.17. The van der Waals surface area contributed by atoms with E-state index in [2.05, 4.69) is 21.7 Å². The largest absolute Gasteiger partial charge is 0.382 e. The zero-order valence-electron chi connectivity index (χ0n) is 16.5. The number of rotatable bonds is 10. The zero-order chi connectivity index (χ0) is 18.6. The minimum absolute atomic E-state index is 0. The third-order valence-corrected chi connectivity index (χ3v) is 4.31. The Bertz CT molecular complexity index is 595. The Morgan fingerprint density at radius 3 is 2.81 bits per heavy atom. The van der Waals surface area contributed by atoms with Gasteiger partial charge in [0.1, 0.15) is 0 Å². The Labute approximate surface area is 180 Å². The first kappa shape index (κ1) is 23.7. The first-order valence-electron chi connectivity index (χ1n) is 9.74. The summed E-state index contributed by atoms with van der Waals surface area (Å²) in [6.45, 7) is 8.65. The lowest BCUT2D eigenvalue weighted by Crippen LogP contribution is -2.38. The van der Waals surface area contributed by atoms with Crippen LogP contribution in [0.1, 0.15) is 38.7 Å². The molecule has 0 bridgehead atoms. The normalized spacial score (nSPS) is 13.1. The first-order valence-corrected chi connectivity index (χ1v) is 9.74. The van der Waals surface area contributed by atoms with E-state index in [9.17, 15) is 4.79 Å². The van der Waals surface area contributed by atoms with Gasteiger partial charge in [-0.3, -0.25) is 9.79 Å². The van der Waals surface area contributed by atoms with Crippen molar-refractivity contribution in [2.45, 2.75) is 39.5 Å². The molecule has 1 heterocycles. The summed E-state index contributed by atoms with van der Waals surface area (Å²) in [7, 11) is 0. The van der Waals surface area contributed by atoms with Crippen LogP contribution in [0.25, 0.3) is 0 Å². The predicted molar refractivity (Wildman–Crippen MR) is 122 cm³/mol. The van der Waals surface area contributed by atoms with Crippen molar-refractivity contribution in [3.05, 3.63) is 29.8 Å². The van der Waals surface area contributed by atoms with E-state index >= 15 is 0 Å². The van der Waals surface area contributed by atoms with Gasteiger partial charge >= 0.3 is 0 Å². The van der Waals surface area contributed by atoms with Crippen molar-refractivity contribution in [2.75, 3.05) is 44.3 Å². The lowest BCUT2D eigenvalue weighted by Gasteiger charge is -2.17. The van der Waals surface area contributed by atoms with Gasteiger partial charge in [-0.2, -0.15) is 0 Å². The van der Waals surface area contributed by atoms with Gasteiger partial charge in [0, 0.05) is 51.5 Å². The number of para-hydroxylation sites is 1. The van der Waals surface area contributed by atoms with Crippen LogP contribution in [0.5, 0.6) is 0 Å². The van der Waals surface area contributed by atoms with Gasteiger partial charge in [-0.05, 0) is 44.7 Å². The highest BCUT2D eigenvalue weighted by Gasteiger charge is 2.23. The number of ether oxygens (including phenoxy) is 1. The number of halogens is 1.